The van der Waals surface area contributed by atoms with Gasteiger partial charge in [-0.3, -0.25) is 9.48 Å². The van der Waals surface area contributed by atoms with Crippen LogP contribution in [0.3, 0.4) is 0 Å². The summed E-state index contributed by atoms with van der Waals surface area (Å²) in [6.07, 6.45) is 2.70. The number of carbonyl (C=O) groups is 1. The summed E-state index contributed by atoms with van der Waals surface area (Å²) in [5, 5.41) is 8.25. The van der Waals surface area contributed by atoms with Gasteiger partial charge >= 0.3 is 0 Å². The first-order valence-electron chi connectivity index (χ1n) is 11.1. The Morgan fingerprint density at radius 1 is 1.06 bits per heavy atom. The van der Waals surface area contributed by atoms with Crippen LogP contribution in [0.25, 0.3) is 0 Å². The van der Waals surface area contributed by atoms with E-state index >= 15 is 0 Å². The Labute approximate surface area is 218 Å². The van der Waals surface area contributed by atoms with Crippen molar-refractivity contribution in [3.63, 3.8) is 0 Å². The zero-order valence-electron chi connectivity index (χ0n) is 19.2. The molecule has 4 rings (SSSR count). The first-order chi connectivity index (χ1) is 16.8. The lowest BCUT2D eigenvalue weighted by Crippen LogP contribution is -2.12. The number of halogens is 3. The number of nitrogens with one attached hydrogen (secondary N) is 1. The second-order valence-electron chi connectivity index (χ2n) is 8.16. The zero-order chi connectivity index (χ0) is 24.9. The Morgan fingerprint density at radius 3 is 2.54 bits per heavy atom. The summed E-state index contributed by atoms with van der Waals surface area (Å²) in [7, 11) is 0. The molecule has 0 saturated heterocycles. The van der Waals surface area contributed by atoms with Crippen molar-refractivity contribution in [1.29, 1.82) is 0 Å². The molecular weight excluding hydrogens is 509 g/mol. The Balaban J connectivity index is 1.34. The van der Waals surface area contributed by atoms with Crippen molar-refractivity contribution < 1.29 is 13.9 Å². The highest BCUT2D eigenvalue weighted by Crippen LogP contribution is 2.25. The molecule has 0 radical (unpaired) electrons. The molecule has 9 heteroatoms. The molecule has 1 unspecified atom stereocenters. The van der Waals surface area contributed by atoms with Crippen LogP contribution < -0.4 is 10.1 Å². The van der Waals surface area contributed by atoms with Crippen LogP contribution in [0.15, 0.2) is 65.2 Å². The van der Waals surface area contributed by atoms with Gasteiger partial charge in [0.25, 0.3) is 5.91 Å². The van der Waals surface area contributed by atoms with Gasteiger partial charge in [0, 0.05) is 6.20 Å². The number of carbonyl (C=O) groups excluding carboxylic acids is 1. The van der Waals surface area contributed by atoms with Crippen LogP contribution in [-0.4, -0.2) is 15.7 Å². The molecule has 6 nitrogen and oxygen atoms in total. The number of furan rings is 1. The first kappa shape index (κ1) is 25.2. The number of amides is 1. The maximum atomic E-state index is 12.6. The largest absolute Gasteiger partial charge is 0.486 e. The van der Waals surface area contributed by atoms with Crippen molar-refractivity contribution in [2.45, 2.75) is 39.3 Å². The number of ether oxygens (including phenoxy) is 1. The lowest BCUT2D eigenvalue weighted by atomic mass is 9.99. The standard InChI is InChI=1S/C26H24Cl3N3O3/c1-3-16(2)18-5-7-19(8-6-18)34-15-20-9-11-24(35-20)26(33)30-25-23(29)14-32(31-25)13-17-4-10-21(27)22(28)12-17/h4-12,14,16H,3,13,15H2,1-2H3,(H,30,31,33). The van der Waals surface area contributed by atoms with E-state index in [1.165, 1.54) is 5.56 Å². The van der Waals surface area contributed by atoms with Gasteiger partial charge in [-0.15, -0.1) is 0 Å². The molecule has 0 saturated carbocycles. The molecule has 2 heterocycles. The Morgan fingerprint density at radius 2 is 1.83 bits per heavy atom. The number of hydrogen-bond acceptors (Lipinski definition) is 4. The Bertz CT molecular complexity index is 1320. The minimum absolute atomic E-state index is 0.130. The van der Waals surface area contributed by atoms with E-state index < -0.39 is 5.91 Å². The van der Waals surface area contributed by atoms with Crippen LogP contribution in [-0.2, 0) is 13.2 Å². The number of aromatic nitrogens is 2. The van der Waals surface area contributed by atoms with E-state index in [9.17, 15) is 4.79 Å². The molecule has 0 bridgehead atoms. The van der Waals surface area contributed by atoms with E-state index in [2.05, 4.69) is 36.4 Å². The summed E-state index contributed by atoms with van der Waals surface area (Å²) in [6.45, 7) is 4.97. The number of rotatable bonds is 9. The van der Waals surface area contributed by atoms with Gasteiger partial charge in [0.1, 0.15) is 23.1 Å². The molecular formula is C26H24Cl3N3O3. The van der Waals surface area contributed by atoms with Crippen LogP contribution in [0, 0.1) is 0 Å². The predicted molar refractivity (Wildman–Crippen MR) is 139 cm³/mol. The van der Waals surface area contributed by atoms with E-state index in [1.807, 2.05) is 18.2 Å². The third kappa shape index (κ3) is 6.40. The molecule has 1 amide bonds. The third-order valence-electron chi connectivity index (χ3n) is 5.61. The fraction of sp³-hybridized carbons (Fsp3) is 0.231. The predicted octanol–water partition coefficient (Wildman–Crippen LogP) is 7.83. The molecule has 2 aromatic carbocycles. The summed E-state index contributed by atoms with van der Waals surface area (Å²) in [6, 6.07) is 16.6. The molecule has 182 valence electrons. The number of benzene rings is 2. The van der Waals surface area contributed by atoms with Gasteiger partial charge in [0.15, 0.2) is 11.6 Å². The number of anilines is 1. The molecule has 0 aliphatic heterocycles. The number of hydrogen-bond donors (Lipinski definition) is 1. The summed E-state index contributed by atoms with van der Waals surface area (Å²) in [4.78, 5) is 12.6. The summed E-state index contributed by atoms with van der Waals surface area (Å²) in [5.41, 5.74) is 2.16. The maximum absolute atomic E-state index is 12.6. The van der Waals surface area contributed by atoms with E-state index in [0.717, 1.165) is 17.7 Å². The SMILES string of the molecule is CCC(C)c1ccc(OCc2ccc(C(=O)Nc3nn(Cc4ccc(Cl)c(Cl)c4)cc3Cl)o2)cc1. The van der Waals surface area contributed by atoms with Gasteiger partial charge in [-0.1, -0.05) is 66.8 Å². The molecule has 0 fully saturated rings. The quantitative estimate of drug-likeness (QED) is 0.238. The summed E-state index contributed by atoms with van der Waals surface area (Å²) in [5.74, 6) is 1.66. The average Bonchev–Trinajstić information content (AvgIpc) is 3.46. The highest BCUT2D eigenvalue weighted by atomic mass is 35.5. The topological polar surface area (TPSA) is 69.3 Å². The van der Waals surface area contributed by atoms with Crippen molar-refractivity contribution in [2.75, 3.05) is 5.32 Å². The molecule has 0 aliphatic rings. The lowest BCUT2D eigenvalue weighted by Gasteiger charge is -2.10. The molecule has 0 spiro atoms. The lowest BCUT2D eigenvalue weighted by molar-refractivity contribution is 0.0992. The molecule has 35 heavy (non-hydrogen) atoms. The van der Waals surface area contributed by atoms with Gasteiger partial charge in [-0.2, -0.15) is 5.10 Å². The van der Waals surface area contributed by atoms with Gasteiger partial charge in [0.2, 0.25) is 0 Å². The fourth-order valence-electron chi connectivity index (χ4n) is 3.42. The van der Waals surface area contributed by atoms with Crippen molar-refractivity contribution >= 4 is 46.5 Å². The summed E-state index contributed by atoms with van der Waals surface area (Å²) >= 11 is 18.3. The Kier molecular flexibility index (Phi) is 8.06. The van der Waals surface area contributed by atoms with E-state index in [4.69, 9.17) is 44.0 Å². The fourth-order valence-corrected chi connectivity index (χ4v) is 3.94. The normalized spacial score (nSPS) is 11.9. The highest BCUT2D eigenvalue weighted by Gasteiger charge is 2.16. The van der Waals surface area contributed by atoms with E-state index in [1.54, 1.807) is 35.1 Å². The van der Waals surface area contributed by atoms with Crippen molar-refractivity contribution in [2.24, 2.45) is 0 Å². The second kappa shape index (κ2) is 11.2. The third-order valence-corrected chi connectivity index (χ3v) is 6.62. The van der Waals surface area contributed by atoms with E-state index in [0.29, 0.717) is 33.3 Å². The van der Waals surface area contributed by atoms with Crippen molar-refractivity contribution in [3.8, 4) is 5.75 Å². The first-order valence-corrected chi connectivity index (χ1v) is 12.3. The smallest absolute Gasteiger partial charge is 0.292 e. The van der Waals surface area contributed by atoms with Gasteiger partial charge in [-0.25, -0.2) is 0 Å². The van der Waals surface area contributed by atoms with Crippen molar-refractivity contribution in [3.05, 3.63) is 98.5 Å². The molecule has 4 aromatic rings. The molecule has 1 atom stereocenters. The zero-order valence-corrected chi connectivity index (χ0v) is 21.5. The minimum Gasteiger partial charge on any atom is -0.486 e. The van der Waals surface area contributed by atoms with Crippen LogP contribution in [0.4, 0.5) is 5.82 Å². The van der Waals surface area contributed by atoms with Gasteiger partial charge in [-0.05, 0) is 59.9 Å². The molecule has 2 aromatic heterocycles. The highest BCUT2D eigenvalue weighted by molar-refractivity contribution is 6.42. The van der Waals surface area contributed by atoms with E-state index in [-0.39, 0.29) is 18.2 Å². The molecule has 1 N–H and O–H groups in total. The average molecular weight is 533 g/mol. The molecule has 0 aliphatic carbocycles. The van der Waals surface area contributed by atoms with Crippen LogP contribution >= 0.6 is 34.8 Å². The minimum atomic E-state index is -0.462. The van der Waals surface area contributed by atoms with Crippen LogP contribution in [0.5, 0.6) is 5.75 Å². The maximum Gasteiger partial charge on any atom is 0.292 e. The van der Waals surface area contributed by atoms with Crippen LogP contribution in [0.1, 0.15) is 53.6 Å². The van der Waals surface area contributed by atoms with Crippen molar-refractivity contribution in [1.82, 2.24) is 9.78 Å². The van der Waals surface area contributed by atoms with Crippen LogP contribution in [0.2, 0.25) is 15.1 Å². The second-order valence-corrected chi connectivity index (χ2v) is 9.38. The summed E-state index contributed by atoms with van der Waals surface area (Å²) < 4.78 is 13.0. The van der Waals surface area contributed by atoms with Gasteiger partial charge < -0.3 is 14.5 Å². The Hall–Kier alpha value is -2.93. The monoisotopic (exact) mass is 531 g/mol. The number of nitrogens with zero attached hydrogens (tertiary/aromatic N) is 2. The van der Waals surface area contributed by atoms with Gasteiger partial charge in [0.05, 0.1) is 16.6 Å².